The minimum Gasteiger partial charge on any atom is -0.338 e. The molecule has 1 aliphatic rings. The molecule has 0 bridgehead atoms. The first-order valence-corrected chi connectivity index (χ1v) is 9.75. The lowest BCUT2D eigenvalue weighted by Crippen LogP contribution is -2.34. The van der Waals surface area contributed by atoms with E-state index in [1.807, 2.05) is 55.5 Å². The van der Waals surface area contributed by atoms with Gasteiger partial charge in [0.1, 0.15) is 0 Å². The number of carbonyl (C=O) groups is 2. The third kappa shape index (κ3) is 4.91. The Morgan fingerprint density at radius 3 is 2.32 bits per heavy atom. The van der Waals surface area contributed by atoms with Crippen molar-refractivity contribution < 1.29 is 9.59 Å². The number of nitrogens with one attached hydrogen (secondary N) is 2. The van der Waals surface area contributed by atoms with Crippen LogP contribution >= 0.6 is 0 Å². The maximum atomic E-state index is 12.3. The topological polar surface area (TPSA) is 61.4 Å². The lowest BCUT2D eigenvalue weighted by molar-refractivity contribution is -0.117. The number of amides is 3. The standard InChI is InChI=1S/C23H29N3O2/c1-16-5-11-20(12-6-16)26-15-17(13-21(26)27)14-24-22(28)25-19-9-7-18(8-10-19)23(2,3)4/h5-12,17H,13-15H2,1-4H3,(H2,24,25,28)/t17-/m0/s1. The highest BCUT2D eigenvalue weighted by atomic mass is 16.2. The number of nitrogens with zero attached hydrogens (tertiary/aromatic N) is 1. The van der Waals surface area contributed by atoms with Gasteiger partial charge in [0.05, 0.1) is 0 Å². The van der Waals surface area contributed by atoms with Crippen LogP contribution in [0.3, 0.4) is 0 Å². The highest BCUT2D eigenvalue weighted by Crippen LogP contribution is 2.25. The fraction of sp³-hybridized carbons (Fsp3) is 0.391. The Morgan fingerprint density at radius 2 is 1.71 bits per heavy atom. The molecule has 5 nitrogen and oxygen atoms in total. The minimum atomic E-state index is -0.246. The second-order valence-electron chi connectivity index (χ2n) is 8.57. The van der Waals surface area contributed by atoms with Crippen molar-refractivity contribution in [2.75, 3.05) is 23.3 Å². The fourth-order valence-electron chi connectivity index (χ4n) is 3.36. The SMILES string of the molecule is Cc1ccc(N2C[C@H](CNC(=O)Nc3ccc(C(C)(C)C)cc3)CC2=O)cc1. The maximum absolute atomic E-state index is 12.3. The lowest BCUT2D eigenvalue weighted by atomic mass is 9.87. The van der Waals surface area contributed by atoms with E-state index < -0.39 is 0 Å². The zero-order valence-electron chi connectivity index (χ0n) is 17.1. The summed E-state index contributed by atoms with van der Waals surface area (Å²) in [5, 5.41) is 5.75. The largest absolute Gasteiger partial charge is 0.338 e. The van der Waals surface area contributed by atoms with Crippen molar-refractivity contribution in [3.63, 3.8) is 0 Å². The second-order valence-corrected chi connectivity index (χ2v) is 8.57. The quantitative estimate of drug-likeness (QED) is 0.823. The van der Waals surface area contributed by atoms with Crippen molar-refractivity contribution >= 4 is 23.3 Å². The first-order chi connectivity index (χ1) is 13.2. The van der Waals surface area contributed by atoms with Crippen LogP contribution < -0.4 is 15.5 Å². The molecule has 2 N–H and O–H groups in total. The van der Waals surface area contributed by atoms with Gasteiger partial charge >= 0.3 is 6.03 Å². The molecule has 28 heavy (non-hydrogen) atoms. The summed E-state index contributed by atoms with van der Waals surface area (Å²) in [5.41, 5.74) is 4.15. The van der Waals surface area contributed by atoms with Crippen molar-refractivity contribution in [2.45, 2.75) is 39.5 Å². The number of rotatable bonds is 4. The van der Waals surface area contributed by atoms with Gasteiger partial charge in [0.25, 0.3) is 0 Å². The molecular weight excluding hydrogens is 350 g/mol. The van der Waals surface area contributed by atoms with E-state index in [4.69, 9.17) is 0 Å². The summed E-state index contributed by atoms with van der Waals surface area (Å²) in [7, 11) is 0. The van der Waals surface area contributed by atoms with Gasteiger partial charge in [-0.05, 0) is 42.2 Å². The molecule has 3 rings (SSSR count). The zero-order chi connectivity index (χ0) is 20.3. The summed E-state index contributed by atoms with van der Waals surface area (Å²) >= 11 is 0. The average Bonchev–Trinajstić information content (AvgIpc) is 3.01. The van der Waals surface area contributed by atoms with Crippen molar-refractivity contribution in [1.82, 2.24) is 5.32 Å². The van der Waals surface area contributed by atoms with Gasteiger partial charge in [-0.1, -0.05) is 50.6 Å². The molecule has 5 heteroatoms. The van der Waals surface area contributed by atoms with E-state index >= 15 is 0 Å². The predicted octanol–water partition coefficient (Wildman–Crippen LogP) is 4.47. The van der Waals surface area contributed by atoms with Crippen LogP contribution in [-0.2, 0) is 10.2 Å². The number of carbonyl (C=O) groups excluding carboxylic acids is 2. The van der Waals surface area contributed by atoms with E-state index in [0.29, 0.717) is 19.5 Å². The Kier molecular flexibility index (Phi) is 5.73. The van der Waals surface area contributed by atoms with E-state index in [9.17, 15) is 9.59 Å². The van der Waals surface area contributed by atoms with Gasteiger partial charge in [0, 0.05) is 36.8 Å². The van der Waals surface area contributed by atoms with Gasteiger partial charge < -0.3 is 15.5 Å². The third-order valence-corrected chi connectivity index (χ3v) is 5.11. The second kappa shape index (κ2) is 8.05. The molecule has 1 atom stereocenters. The van der Waals surface area contributed by atoms with Gasteiger partial charge in [-0.2, -0.15) is 0 Å². The Morgan fingerprint density at radius 1 is 1.07 bits per heavy atom. The molecule has 2 aromatic rings. The smallest absolute Gasteiger partial charge is 0.319 e. The zero-order valence-corrected chi connectivity index (χ0v) is 17.1. The summed E-state index contributed by atoms with van der Waals surface area (Å²) in [6, 6.07) is 15.6. The van der Waals surface area contributed by atoms with Crippen LogP contribution in [-0.4, -0.2) is 25.0 Å². The summed E-state index contributed by atoms with van der Waals surface area (Å²) < 4.78 is 0. The van der Waals surface area contributed by atoms with Crippen LogP contribution in [0.15, 0.2) is 48.5 Å². The molecule has 1 fully saturated rings. The van der Waals surface area contributed by atoms with E-state index in [0.717, 1.165) is 11.4 Å². The maximum Gasteiger partial charge on any atom is 0.319 e. The molecule has 0 unspecified atom stereocenters. The van der Waals surface area contributed by atoms with E-state index in [1.54, 1.807) is 4.90 Å². The molecule has 1 aliphatic heterocycles. The van der Waals surface area contributed by atoms with Crippen LogP contribution in [0.4, 0.5) is 16.2 Å². The highest BCUT2D eigenvalue weighted by molar-refractivity contribution is 5.96. The van der Waals surface area contributed by atoms with Crippen molar-refractivity contribution in [1.29, 1.82) is 0 Å². The van der Waals surface area contributed by atoms with Gasteiger partial charge in [-0.25, -0.2) is 4.79 Å². The third-order valence-electron chi connectivity index (χ3n) is 5.11. The normalized spacial score (nSPS) is 16.9. The molecule has 0 aromatic heterocycles. The van der Waals surface area contributed by atoms with Crippen molar-refractivity contribution in [3.05, 3.63) is 59.7 Å². The molecule has 0 saturated carbocycles. The molecule has 0 radical (unpaired) electrons. The highest BCUT2D eigenvalue weighted by Gasteiger charge is 2.30. The van der Waals surface area contributed by atoms with Gasteiger partial charge in [-0.3, -0.25) is 4.79 Å². The molecule has 148 valence electrons. The van der Waals surface area contributed by atoms with Gasteiger partial charge in [-0.15, -0.1) is 0 Å². The predicted molar refractivity (Wildman–Crippen MR) is 114 cm³/mol. The molecule has 0 spiro atoms. The van der Waals surface area contributed by atoms with E-state index in [1.165, 1.54) is 11.1 Å². The Hall–Kier alpha value is -2.82. The van der Waals surface area contributed by atoms with E-state index in [-0.39, 0.29) is 23.3 Å². The van der Waals surface area contributed by atoms with Gasteiger partial charge in [0.15, 0.2) is 0 Å². The number of anilines is 2. The van der Waals surface area contributed by atoms with Crippen LogP contribution in [0.2, 0.25) is 0 Å². The monoisotopic (exact) mass is 379 g/mol. The summed E-state index contributed by atoms with van der Waals surface area (Å²) in [4.78, 5) is 26.3. The Balaban J connectivity index is 1.50. The summed E-state index contributed by atoms with van der Waals surface area (Å²) in [5.74, 6) is 0.219. The van der Waals surface area contributed by atoms with Crippen LogP contribution in [0.25, 0.3) is 0 Å². The number of hydrogen-bond donors (Lipinski definition) is 2. The number of hydrogen-bond acceptors (Lipinski definition) is 2. The fourth-order valence-corrected chi connectivity index (χ4v) is 3.36. The lowest BCUT2D eigenvalue weighted by Gasteiger charge is -2.19. The summed E-state index contributed by atoms with van der Waals surface area (Å²) in [6.45, 7) is 9.60. The first kappa shape index (κ1) is 19.9. The van der Waals surface area contributed by atoms with Gasteiger partial charge in [0.2, 0.25) is 5.91 Å². The van der Waals surface area contributed by atoms with Crippen LogP contribution in [0, 0.1) is 12.8 Å². The number of urea groups is 1. The summed E-state index contributed by atoms with van der Waals surface area (Å²) in [6.07, 6.45) is 0.453. The van der Waals surface area contributed by atoms with E-state index in [2.05, 4.69) is 31.4 Å². The molecule has 3 amide bonds. The Labute approximate surface area is 167 Å². The molecular formula is C23H29N3O2. The molecule has 2 aromatic carbocycles. The molecule has 1 heterocycles. The van der Waals surface area contributed by atoms with Crippen LogP contribution in [0.1, 0.15) is 38.3 Å². The number of aryl methyl sites for hydroxylation is 1. The van der Waals surface area contributed by atoms with Crippen molar-refractivity contribution in [2.24, 2.45) is 5.92 Å². The Bertz CT molecular complexity index is 836. The number of benzene rings is 2. The minimum absolute atomic E-state index is 0.0825. The first-order valence-electron chi connectivity index (χ1n) is 9.75. The molecule has 0 aliphatic carbocycles. The van der Waals surface area contributed by atoms with Crippen molar-refractivity contribution in [3.8, 4) is 0 Å². The van der Waals surface area contributed by atoms with Crippen LogP contribution in [0.5, 0.6) is 0 Å². The molecule has 1 saturated heterocycles. The average molecular weight is 380 g/mol.